The number of hydrogen-bond donors (Lipinski definition) is 2. The summed E-state index contributed by atoms with van der Waals surface area (Å²) in [5, 5.41) is 13.5. The van der Waals surface area contributed by atoms with Crippen LogP contribution in [0.15, 0.2) is 34.4 Å². The van der Waals surface area contributed by atoms with E-state index in [9.17, 15) is 19.5 Å². The second kappa shape index (κ2) is 8.44. The van der Waals surface area contributed by atoms with Crippen molar-refractivity contribution in [3.63, 3.8) is 0 Å². The highest BCUT2D eigenvalue weighted by Gasteiger charge is 2.22. The van der Waals surface area contributed by atoms with Gasteiger partial charge >= 0.3 is 5.97 Å². The van der Waals surface area contributed by atoms with Crippen LogP contribution in [0.3, 0.4) is 0 Å². The number of benzene rings is 1. The van der Waals surface area contributed by atoms with Gasteiger partial charge in [0.25, 0.3) is 5.56 Å². The van der Waals surface area contributed by atoms with Crippen LogP contribution in [0.4, 0.5) is 5.69 Å². The second-order valence-electron chi connectivity index (χ2n) is 6.66. The number of carbonyl (C=O) groups excluding carboxylic acids is 1. The molecule has 0 bridgehead atoms. The molecule has 3 rings (SSSR count). The van der Waals surface area contributed by atoms with Gasteiger partial charge in [0.15, 0.2) is 0 Å². The van der Waals surface area contributed by atoms with E-state index in [0.29, 0.717) is 28.7 Å². The molecular weight excluding hydrogens is 394 g/mol. The van der Waals surface area contributed by atoms with Crippen LogP contribution in [0.5, 0.6) is 5.75 Å². The Morgan fingerprint density at radius 2 is 1.97 bits per heavy atom. The summed E-state index contributed by atoms with van der Waals surface area (Å²) in [5.41, 5.74) is -0.0638. The molecule has 152 valence electrons. The van der Waals surface area contributed by atoms with E-state index in [4.69, 9.17) is 4.74 Å². The van der Waals surface area contributed by atoms with Crippen molar-refractivity contribution in [3.05, 3.63) is 51.4 Å². The van der Waals surface area contributed by atoms with Gasteiger partial charge in [-0.3, -0.25) is 14.2 Å². The van der Waals surface area contributed by atoms with Gasteiger partial charge in [0.05, 0.1) is 17.6 Å². The summed E-state index contributed by atoms with van der Waals surface area (Å²) in [7, 11) is 0. The Morgan fingerprint density at radius 3 is 2.55 bits per heavy atom. The van der Waals surface area contributed by atoms with Crippen molar-refractivity contribution in [1.82, 2.24) is 9.55 Å². The molecule has 2 aromatic heterocycles. The highest BCUT2D eigenvalue weighted by molar-refractivity contribution is 7.17. The van der Waals surface area contributed by atoms with Crippen molar-refractivity contribution in [2.75, 3.05) is 11.9 Å². The third-order valence-corrected chi connectivity index (χ3v) is 5.09. The maximum absolute atomic E-state index is 13.0. The largest absolute Gasteiger partial charge is 0.494 e. The van der Waals surface area contributed by atoms with Crippen molar-refractivity contribution < 1.29 is 19.4 Å². The van der Waals surface area contributed by atoms with E-state index in [1.54, 1.807) is 24.3 Å². The van der Waals surface area contributed by atoms with Gasteiger partial charge in [0.1, 0.15) is 22.9 Å². The molecule has 29 heavy (non-hydrogen) atoms. The quantitative estimate of drug-likeness (QED) is 0.612. The van der Waals surface area contributed by atoms with Crippen LogP contribution in [-0.2, 0) is 11.3 Å². The minimum atomic E-state index is -1.20. The van der Waals surface area contributed by atoms with Crippen molar-refractivity contribution in [2.24, 2.45) is 0 Å². The number of aromatic nitrogens is 2. The maximum Gasteiger partial charge on any atom is 0.337 e. The predicted molar refractivity (Wildman–Crippen MR) is 111 cm³/mol. The fourth-order valence-corrected chi connectivity index (χ4v) is 3.85. The van der Waals surface area contributed by atoms with Crippen molar-refractivity contribution in [2.45, 2.75) is 33.2 Å². The Kier molecular flexibility index (Phi) is 5.97. The number of fused-ring (bicyclic) bond motifs is 1. The number of thiophene rings is 1. The SMILES string of the molecule is CCOc1ccc(NC(=O)Cn2c(C(C)C)nc3scc(C(=O)O)c3c2=O)cc1. The molecule has 0 aliphatic rings. The molecule has 0 saturated heterocycles. The first kappa shape index (κ1) is 20.5. The van der Waals surface area contributed by atoms with E-state index >= 15 is 0 Å². The number of carboxylic acid groups (broad SMARTS) is 1. The zero-order valence-electron chi connectivity index (χ0n) is 16.3. The topological polar surface area (TPSA) is 111 Å². The molecule has 0 spiro atoms. The smallest absolute Gasteiger partial charge is 0.337 e. The zero-order valence-corrected chi connectivity index (χ0v) is 17.1. The van der Waals surface area contributed by atoms with Gasteiger partial charge in [-0.25, -0.2) is 9.78 Å². The summed E-state index contributed by atoms with van der Waals surface area (Å²) in [6.45, 7) is 5.88. The Bertz CT molecular complexity index is 1120. The lowest BCUT2D eigenvalue weighted by atomic mass is 10.2. The van der Waals surface area contributed by atoms with E-state index < -0.39 is 17.4 Å². The van der Waals surface area contributed by atoms with Crippen LogP contribution < -0.4 is 15.6 Å². The van der Waals surface area contributed by atoms with Crippen molar-refractivity contribution >= 4 is 39.1 Å². The van der Waals surface area contributed by atoms with Crippen LogP contribution in [0, 0.1) is 0 Å². The molecular formula is C20H21N3O5S. The molecule has 8 nitrogen and oxygen atoms in total. The molecule has 0 fully saturated rings. The number of carbonyl (C=O) groups is 2. The minimum Gasteiger partial charge on any atom is -0.494 e. The Morgan fingerprint density at radius 1 is 1.28 bits per heavy atom. The van der Waals surface area contributed by atoms with Gasteiger partial charge in [-0.15, -0.1) is 11.3 Å². The lowest BCUT2D eigenvalue weighted by Gasteiger charge is -2.15. The number of ether oxygens (including phenoxy) is 1. The van der Waals surface area contributed by atoms with E-state index in [1.807, 2.05) is 20.8 Å². The monoisotopic (exact) mass is 415 g/mol. The van der Waals surface area contributed by atoms with Crippen LogP contribution in [0.1, 0.15) is 42.9 Å². The third kappa shape index (κ3) is 4.29. The van der Waals surface area contributed by atoms with E-state index in [1.165, 1.54) is 9.95 Å². The number of anilines is 1. The highest BCUT2D eigenvalue weighted by Crippen LogP contribution is 2.24. The van der Waals surface area contributed by atoms with Gasteiger partial charge in [0, 0.05) is 17.0 Å². The van der Waals surface area contributed by atoms with Crippen LogP contribution >= 0.6 is 11.3 Å². The first-order valence-electron chi connectivity index (χ1n) is 9.09. The zero-order chi connectivity index (χ0) is 21.1. The summed E-state index contributed by atoms with van der Waals surface area (Å²) in [5.74, 6) is -0.606. The van der Waals surface area contributed by atoms with Crippen molar-refractivity contribution in [3.8, 4) is 5.75 Å². The molecule has 0 unspecified atom stereocenters. The number of rotatable bonds is 7. The molecule has 2 heterocycles. The molecule has 2 N–H and O–H groups in total. The fraction of sp³-hybridized carbons (Fsp3) is 0.300. The van der Waals surface area contributed by atoms with Crippen molar-refractivity contribution in [1.29, 1.82) is 0 Å². The Labute approximate surface area is 170 Å². The van der Waals surface area contributed by atoms with E-state index in [0.717, 1.165) is 11.3 Å². The van der Waals surface area contributed by atoms with E-state index in [2.05, 4.69) is 10.3 Å². The van der Waals surface area contributed by atoms with Gasteiger partial charge < -0.3 is 15.2 Å². The first-order valence-corrected chi connectivity index (χ1v) is 9.97. The normalized spacial score (nSPS) is 11.0. The summed E-state index contributed by atoms with van der Waals surface area (Å²) in [6.07, 6.45) is 0. The predicted octanol–water partition coefficient (Wildman–Crippen LogP) is 3.32. The molecule has 0 atom stereocenters. The molecule has 0 saturated carbocycles. The molecule has 0 aliphatic heterocycles. The van der Waals surface area contributed by atoms with Gasteiger partial charge in [-0.2, -0.15) is 0 Å². The number of amides is 1. The van der Waals surface area contributed by atoms with Crippen LogP contribution in [0.25, 0.3) is 10.2 Å². The average Bonchev–Trinajstić information content (AvgIpc) is 3.10. The molecule has 3 aromatic rings. The Balaban J connectivity index is 1.93. The average molecular weight is 415 g/mol. The maximum atomic E-state index is 13.0. The second-order valence-corrected chi connectivity index (χ2v) is 7.51. The number of hydrogen-bond acceptors (Lipinski definition) is 6. The molecule has 1 aromatic carbocycles. The summed E-state index contributed by atoms with van der Waals surface area (Å²) in [6, 6.07) is 6.89. The molecule has 0 radical (unpaired) electrons. The van der Waals surface area contributed by atoms with Gasteiger partial charge in [-0.1, -0.05) is 13.8 Å². The molecule has 1 amide bonds. The first-order chi connectivity index (χ1) is 13.8. The minimum absolute atomic E-state index is 0.0285. The van der Waals surface area contributed by atoms with Crippen LogP contribution in [0.2, 0.25) is 0 Å². The molecule has 9 heteroatoms. The van der Waals surface area contributed by atoms with Gasteiger partial charge in [-0.05, 0) is 31.2 Å². The molecule has 0 aliphatic carbocycles. The summed E-state index contributed by atoms with van der Waals surface area (Å²) in [4.78, 5) is 41.8. The Hall–Kier alpha value is -3.20. The highest BCUT2D eigenvalue weighted by atomic mass is 32.1. The third-order valence-electron chi connectivity index (χ3n) is 4.22. The van der Waals surface area contributed by atoms with Crippen LogP contribution in [-0.4, -0.2) is 33.1 Å². The fourth-order valence-electron chi connectivity index (χ4n) is 2.94. The number of nitrogens with zero attached hydrogens (tertiary/aromatic N) is 2. The van der Waals surface area contributed by atoms with E-state index in [-0.39, 0.29) is 23.4 Å². The lowest BCUT2D eigenvalue weighted by Crippen LogP contribution is -2.32. The standard InChI is InChI=1S/C20H21N3O5S/c1-4-28-13-7-5-12(6-8-13)21-15(24)9-23-17(11(2)3)22-18-16(19(23)25)14(10-29-18)20(26)27/h5-8,10-11H,4,9H2,1-3H3,(H,21,24)(H,26,27). The summed E-state index contributed by atoms with van der Waals surface area (Å²) < 4.78 is 6.62. The number of aromatic carboxylic acids is 1. The number of nitrogens with one attached hydrogen (secondary N) is 1. The number of carboxylic acids is 1. The lowest BCUT2D eigenvalue weighted by molar-refractivity contribution is -0.116. The van der Waals surface area contributed by atoms with Gasteiger partial charge in [0.2, 0.25) is 5.91 Å². The summed E-state index contributed by atoms with van der Waals surface area (Å²) >= 11 is 1.11.